The van der Waals surface area contributed by atoms with Gasteiger partial charge in [-0.15, -0.1) is 0 Å². The zero-order valence-corrected chi connectivity index (χ0v) is 16.9. The molecule has 162 valence electrons. The van der Waals surface area contributed by atoms with Crippen LogP contribution >= 0.6 is 0 Å². The van der Waals surface area contributed by atoms with Crippen molar-refractivity contribution >= 4 is 0 Å². The Hall–Kier alpha value is -2.00. The van der Waals surface area contributed by atoms with E-state index >= 15 is 0 Å². The van der Waals surface area contributed by atoms with Gasteiger partial charge in [-0.05, 0) is 53.8 Å². The Kier molecular flexibility index (Phi) is 6.38. The minimum absolute atomic E-state index is 0.104. The van der Waals surface area contributed by atoms with E-state index in [4.69, 9.17) is 9.47 Å². The van der Waals surface area contributed by atoms with Gasteiger partial charge in [0, 0.05) is 6.04 Å². The first-order valence-electron chi connectivity index (χ1n) is 10.3. The number of aliphatic hydroxyl groups is 4. The lowest BCUT2D eigenvalue weighted by atomic mass is 9.85. The van der Waals surface area contributed by atoms with E-state index in [2.05, 4.69) is 17.4 Å². The molecule has 0 aromatic heterocycles. The first kappa shape index (κ1) is 21.2. The van der Waals surface area contributed by atoms with Crippen LogP contribution in [0.15, 0.2) is 42.5 Å². The van der Waals surface area contributed by atoms with Crippen molar-refractivity contribution in [2.45, 2.75) is 49.4 Å². The fourth-order valence-electron chi connectivity index (χ4n) is 4.39. The van der Waals surface area contributed by atoms with Crippen molar-refractivity contribution in [2.75, 3.05) is 20.3 Å². The quantitative estimate of drug-likeness (QED) is 0.487. The Bertz CT molecular complexity index is 855. The molecular weight excluding hydrogens is 386 g/mol. The largest absolute Gasteiger partial charge is 0.497 e. The van der Waals surface area contributed by atoms with Crippen molar-refractivity contribution in [3.8, 4) is 5.75 Å². The maximum atomic E-state index is 10.5. The van der Waals surface area contributed by atoms with E-state index in [9.17, 15) is 20.4 Å². The third-order valence-corrected chi connectivity index (χ3v) is 6.15. The molecule has 0 saturated carbocycles. The molecule has 0 aliphatic carbocycles. The summed E-state index contributed by atoms with van der Waals surface area (Å²) in [7, 11) is 1.65. The van der Waals surface area contributed by atoms with E-state index in [0.29, 0.717) is 5.56 Å². The molecule has 0 amide bonds. The number of hydrogen-bond donors (Lipinski definition) is 5. The molecule has 7 heteroatoms. The second-order valence-electron chi connectivity index (χ2n) is 8.02. The smallest absolute Gasteiger partial charge is 0.118 e. The van der Waals surface area contributed by atoms with Gasteiger partial charge in [-0.25, -0.2) is 0 Å². The van der Waals surface area contributed by atoms with E-state index in [-0.39, 0.29) is 6.04 Å². The Morgan fingerprint density at radius 1 is 1.03 bits per heavy atom. The maximum absolute atomic E-state index is 10.5. The zero-order valence-electron chi connectivity index (χ0n) is 16.9. The highest BCUT2D eigenvalue weighted by molar-refractivity contribution is 5.39. The highest BCUT2D eigenvalue weighted by Crippen LogP contribution is 2.35. The Morgan fingerprint density at radius 2 is 1.80 bits per heavy atom. The third kappa shape index (κ3) is 4.09. The molecule has 2 aliphatic rings. The van der Waals surface area contributed by atoms with Crippen molar-refractivity contribution in [1.82, 2.24) is 5.32 Å². The fraction of sp³-hybridized carbons (Fsp3) is 0.478. The summed E-state index contributed by atoms with van der Waals surface area (Å²) in [5, 5.41) is 43.7. The van der Waals surface area contributed by atoms with Crippen LogP contribution in [0.25, 0.3) is 0 Å². The number of fused-ring (bicyclic) bond motifs is 1. The van der Waals surface area contributed by atoms with Crippen molar-refractivity contribution in [2.24, 2.45) is 0 Å². The molecular formula is C23H29NO6. The van der Waals surface area contributed by atoms with E-state index < -0.39 is 37.1 Å². The molecule has 2 aromatic rings. The van der Waals surface area contributed by atoms with Crippen LogP contribution in [0, 0.1) is 0 Å². The SMILES string of the molecule is COc1ccc(C[C@@H]2NCCc3ccc([C@@H]4O[C@H](CO)[C@@H](O)[C@H](O)[C@H]4O)cc32)cc1. The molecule has 5 N–H and O–H groups in total. The topological polar surface area (TPSA) is 111 Å². The van der Waals surface area contributed by atoms with E-state index in [1.807, 2.05) is 30.3 Å². The molecule has 2 aliphatic heterocycles. The van der Waals surface area contributed by atoms with Crippen LogP contribution in [0.5, 0.6) is 5.75 Å². The molecule has 4 rings (SSSR count). The van der Waals surface area contributed by atoms with Crippen molar-refractivity contribution in [3.63, 3.8) is 0 Å². The van der Waals surface area contributed by atoms with Gasteiger partial charge in [0.2, 0.25) is 0 Å². The fourth-order valence-corrected chi connectivity index (χ4v) is 4.39. The highest BCUT2D eigenvalue weighted by Gasteiger charge is 2.44. The number of hydrogen-bond acceptors (Lipinski definition) is 7. The van der Waals surface area contributed by atoms with Crippen molar-refractivity contribution in [1.29, 1.82) is 0 Å². The Morgan fingerprint density at radius 3 is 2.50 bits per heavy atom. The molecule has 2 heterocycles. The molecule has 7 nitrogen and oxygen atoms in total. The first-order chi connectivity index (χ1) is 14.5. The molecule has 6 atom stereocenters. The summed E-state index contributed by atoms with van der Waals surface area (Å²) in [4.78, 5) is 0. The first-order valence-corrected chi connectivity index (χ1v) is 10.3. The van der Waals surface area contributed by atoms with E-state index in [1.165, 1.54) is 11.1 Å². The summed E-state index contributed by atoms with van der Waals surface area (Å²) in [6.07, 6.45) is -4.06. The Balaban J connectivity index is 1.60. The van der Waals surface area contributed by atoms with Gasteiger partial charge in [-0.2, -0.15) is 0 Å². The lowest BCUT2D eigenvalue weighted by Crippen LogP contribution is -2.55. The minimum Gasteiger partial charge on any atom is -0.497 e. The molecule has 1 saturated heterocycles. The predicted octanol–water partition coefficient (Wildman–Crippen LogP) is 0.640. The lowest BCUT2D eigenvalue weighted by molar-refractivity contribution is -0.231. The summed E-state index contributed by atoms with van der Waals surface area (Å²) in [5.74, 6) is 0.820. The second kappa shape index (κ2) is 9.01. The average Bonchev–Trinajstić information content (AvgIpc) is 2.78. The number of benzene rings is 2. The average molecular weight is 415 g/mol. The van der Waals surface area contributed by atoms with Gasteiger partial charge in [0.15, 0.2) is 0 Å². The van der Waals surface area contributed by atoms with Gasteiger partial charge in [0.05, 0.1) is 13.7 Å². The van der Waals surface area contributed by atoms with Gasteiger partial charge < -0.3 is 35.2 Å². The molecule has 0 radical (unpaired) electrons. The molecule has 2 aromatic carbocycles. The Labute approximate surface area is 175 Å². The second-order valence-corrected chi connectivity index (χ2v) is 8.02. The monoisotopic (exact) mass is 415 g/mol. The number of methoxy groups -OCH3 is 1. The van der Waals surface area contributed by atoms with Crippen LogP contribution in [-0.2, 0) is 17.6 Å². The number of rotatable bonds is 5. The van der Waals surface area contributed by atoms with E-state index in [1.54, 1.807) is 7.11 Å². The zero-order chi connectivity index (χ0) is 21.3. The van der Waals surface area contributed by atoms with Gasteiger partial charge >= 0.3 is 0 Å². The summed E-state index contributed by atoms with van der Waals surface area (Å²) < 4.78 is 11.0. The van der Waals surface area contributed by atoms with Crippen LogP contribution < -0.4 is 10.1 Å². The number of nitrogens with one attached hydrogen (secondary N) is 1. The summed E-state index contributed by atoms with van der Waals surface area (Å²) in [5.41, 5.74) is 4.26. The van der Waals surface area contributed by atoms with Gasteiger partial charge in [-0.3, -0.25) is 0 Å². The summed E-state index contributed by atoms with van der Waals surface area (Å²) in [6, 6.07) is 14.0. The van der Waals surface area contributed by atoms with Gasteiger partial charge in [0.25, 0.3) is 0 Å². The standard InChI is InChI=1S/C23H29NO6/c1-29-16-6-2-13(3-7-16)10-18-17-11-15(5-4-14(17)8-9-24-18)23-22(28)21(27)20(26)19(12-25)30-23/h2-7,11,18-28H,8-10,12H2,1H3/t18-,19+,20+,21-,22+,23-/m0/s1. The minimum atomic E-state index is -1.38. The van der Waals surface area contributed by atoms with Crippen LogP contribution in [0.1, 0.15) is 34.4 Å². The van der Waals surface area contributed by atoms with Crippen molar-refractivity contribution < 1.29 is 29.9 Å². The van der Waals surface area contributed by atoms with Crippen LogP contribution in [0.3, 0.4) is 0 Å². The normalized spacial score (nSPS) is 31.2. The molecule has 0 spiro atoms. The van der Waals surface area contributed by atoms with Gasteiger partial charge in [0.1, 0.15) is 36.3 Å². The third-order valence-electron chi connectivity index (χ3n) is 6.15. The molecule has 0 bridgehead atoms. The molecule has 30 heavy (non-hydrogen) atoms. The predicted molar refractivity (Wildman–Crippen MR) is 110 cm³/mol. The van der Waals surface area contributed by atoms with Crippen LogP contribution in [0.2, 0.25) is 0 Å². The lowest BCUT2D eigenvalue weighted by Gasteiger charge is -2.40. The van der Waals surface area contributed by atoms with E-state index in [0.717, 1.165) is 30.7 Å². The van der Waals surface area contributed by atoms with Crippen molar-refractivity contribution in [3.05, 3.63) is 64.7 Å². The number of ether oxygens (including phenoxy) is 2. The van der Waals surface area contributed by atoms with Gasteiger partial charge in [-0.1, -0.05) is 30.3 Å². The maximum Gasteiger partial charge on any atom is 0.118 e. The summed E-state index contributed by atoms with van der Waals surface area (Å²) in [6.45, 7) is 0.446. The number of aliphatic hydroxyl groups excluding tert-OH is 4. The highest BCUT2D eigenvalue weighted by atomic mass is 16.5. The summed E-state index contributed by atoms with van der Waals surface area (Å²) >= 11 is 0. The van der Waals surface area contributed by atoms with Crippen LogP contribution in [-0.4, -0.2) is 65.1 Å². The molecule has 0 unspecified atom stereocenters. The van der Waals surface area contributed by atoms with Crippen LogP contribution in [0.4, 0.5) is 0 Å². The molecule has 1 fully saturated rings.